The van der Waals surface area contributed by atoms with Gasteiger partial charge in [-0.1, -0.05) is 0 Å². The zero-order valence-corrected chi connectivity index (χ0v) is 8.05. The van der Waals surface area contributed by atoms with Gasteiger partial charge in [0.2, 0.25) is 0 Å². The number of thioether (sulfide) groups is 1. The van der Waals surface area contributed by atoms with Crippen LogP contribution in [-0.2, 0) is 7.05 Å². The third kappa shape index (κ3) is 1.61. The van der Waals surface area contributed by atoms with E-state index in [0.717, 1.165) is 0 Å². The summed E-state index contributed by atoms with van der Waals surface area (Å²) in [5, 5.41) is 13.3. The van der Waals surface area contributed by atoms with Crippen LogP contribution in [-0.4, -0.2) is 27.1 Å². The first kappa shape index (κ1) is 9.87. The lowest BCUT2D eigenvalue weighted by Crippen LogP contribution is -2.14. The zero-order chi connectivity index (χ0) is 10.0. The highest BCUT2D eigenvalue weighted by molar-refractivity contribution is 7.98. The van der Waals surface area contributed by atoms with Gasteiger partial charge in [-0.15, -0.1) is 11.8 Å². The number of carbonyl (C=O) groups is 1. The van der Waals surface area contributed by atoms with Crippen LogP contribution in [0, 0.1) is 0 Å². The number of hydrogen-bond donors (Lipinski definition) is 3. The highest BCUT2D eigenvalue weighted by Crippen LogP contribution is 2.25. The predicted octanol–water partition coefficient (Wildman–Crippen LogP) is 0.126. The first-order chi connectivity index (χ1) is 6.11. The normalized spacial score (nSPS) is 10.1. The molecule has 0 unspecified atom stereocenters. The van der Waals surface area contributed by atoms with Crippen molar-refractivity contribution in [2.24, 2.45) is 12.9 Å². The van der Waals surface area contributed by atoms with Gasteiger partial charge in [-0.25, -0.2) is 15.3 Å². The zero-order valence-electron chi connectivity index (χ0n) is 7.24. The van der Waals surface area contributed by atoms with Gasteiger partial charge in [0.25, 0.3) is 0 Å². The molecule has 0 radical (unpaired) electrons. The van der Waals surface area contributed by atoms with Gasteiger partial charge in [-0.3, -0.25) is 0 Å². The van der Waals surface area contributed by atoms with Gasteiger partial charge in [0.15, 0.2) is 5.82 Å². The maximum Gasteiger partial charge on any atom is 0.342 e. The molecule has 0 fully saturated rings. The third-order valence-corrected chi connectivity index (χ3v) is 2.23. The Kier molecular flexibility index (Phi) is 2.79. The van der Waals surface area contributed by atoms with Crippen molar-refractivity contribution >= 4 is 23.5 Å². The molecule has 1 aromatic heterocycles. The Labute approximate surface area is 79.1 Å². The molecule has 0 spiro atoms. The minimum absolute atomic E-state index is 0.109. The van der Waals surface area contributed by atoms with E-state index in [1.54, 1.807) is 13.3 Å². The molecule has 0 bridgehead atoms. The molecule has 1 rings (SSSR count). The lowest BCUT2D eigenvalue weighted by Gasteiger charge is -2.00. The maximum atomic E-state index is 10.8. The van der Waals surface area contributed by atoms with Gasteiger partial charge in [0, 0.05) is 7.05 Å². The van der Waals surface area contributed by atoms with E-state index in [4.69, 9.17) is 10.9 Å². The number of nitrogens with two attached hydrogens (primary N) is 1. The Bertz CT molecular complexity index is 336. The molecule has 7 heteroatoms. The van der Waals surface area contributed by atoms with Crippen molar-refractivity contribution in [3.8, 4) is 0 Å². The Morgan fingerprint density at radius 3 is 2.77 bits per heavy atom. The van der Waals surface area contributed by atoms with Gasteiger partial charge in [-0.05, 0) is 6.26 Å². The Balaban J connectivity index is 3.32. The minimum Gasteiger partial charge on any atom is -0.477 e. The highest BCUT2D eigenvalue weighted by Gasteiger charge is 2.20. The van der Waals surface area contributed by atoms with Gasteiger partial charge < -0.3 is 10.5 Å². The summed E-state index contributed by atoms with van der Waals surface area (Å²) >= 11 is 1.27. The van der Waals surface area contributed by atoms with Crippen molar-refractivity contribution in [2.75, 3.05) is 11.7 Å². The molecule has 0 amide bonds. The SMILES string of the molecule is CSc1nn(C)c(NN)c1C(=O)O. The quantitative estimate of drug-likeness (QED) is 0.366. The Morgan fingerprint density at radius 1 is 1.77 bits per heavy atom. The first-order valence-corrected chi connectivity index (χ1v) is 4.65. The van der Waals surface area contributed by atoms with E-state index in [1.165, 1.54) is 16.4 Å². The summed E-state index contributed by atoms with van der Waals surface area (Å²) < 4.78 is 1.40. The second-order valence-corrected chi connectivity index (χ2v) is 3.10. The number of nitrogens with zero attached hydrogens (tertiary/aromatic N) is 2. The van der Waals surface area contributed by atoms with Crippen LogP contribution in [0.3, 0.4) is 0 Å². The van der Waals surface area contributed by atoms with Crippen LogP contribution in [0.2, 0.25) is 0 Å². The van der Waals surface area contributed by atoms with E-state index >= 15 is 0 Å². The number of rotatable bonds is 3. The minimum atomic E-state index is -1.04. The summed E-state index contributed by atoms with van der Waals surface area (Å²) in [5.41, 5.74) is 2.42. The lowest BCUT2D eigenvalue weighted by atomic mass is 10.3. The molecule has 13 heavy (non-hydrogen) atoms. The molecule has 72 valence electrons. The summed E-state index contributed by atoms with van der Waals surface area (Å²) in [6.07, 6.45) is 1.76. The number of carboxylic acid groups (broad SMARTS) is 1. The smallest absolute Gasteiger partial charge is 0.342 e. The van der Waals surface area contributed by atoms with E-state index < -0.39 is 5.97 Å². The fourth-order valence-electron chi connectivity index (χ4n) is 1.00. The van der Waals surface area contributed by atoms with Crippen LogP contribution in [0.5, 0.6) is 0 Å². The standard InChI is InChI=1S/C6H10N4O2S/c1-10-4(8-7)3(6(11)12)5(9-10)13-2/h8H,7H2,1-2H3,(H,11,12). The molecule has 6 nitrogen and oxygen atoms in total. The van der Waals surface area contributed by atoms with Gasteiger partial charge in [0.05, 0.1) is 0 Å². The summed E-state index contributed by atoms with van der Waals surface area (Å²) in [6, 6.07) is 0. The van der Waals surface area contributed by atoms with E-state index in [0.29, 0.717) is 10.8 Å². The first-order valence-electron chi connectivity index (χ1n) is 3.42. The van der Waals surface area contributed by atoms with Gasteiger partial charge in [-0.2, -0.15) is 5.10 Å². The molecule has 1 aromatic rings. The molecule has 0 aromatic carbocycles. The van der Waals surface area contributed by atoms with E-state index in [1.807, 2.05) is 0 Å². The lowest BCUT2D eigenvalue weighted by molar-refractivity contribution is 0.0694. The van der Waals surface area contributed by atoms with E-state index in [9.17, 15) is 4.79 Å². The number of nitrogens with one attached hydrogen (secondary N) is 1. The average molecular weight is 202 g/mol. The number of hydrazine groups is 1. The number of aryl methyl sites for hydroxylation is 1. The molecule has 0 aliphatic heterocycles. The molecule has 0 aliphatic carbocycles. The van der Waals surface area contributed by atoms with E-state index in [2.05, 4.69) is 10.5 Å². The van der Waals surface area contributed by atoms with Crippen LogP contribution in [0.1, 0.15) is 10.4 Å². The molecule has 0 saturated heterocycles. The molecule has 0 saturated carbocycles. The highest BCUT2D eigenvalue weighted by atomic mass is 32.2. The van der Waals surface area contributed by atoms with Crippen LogP contribution >= 0.6 is 11.8 Å². The fraction of sp³-hybridized carbons (Fsp3) is 0.333. The second kappa shape index (κ2) is 3.67. The largest absolute Gasteiger partial charge is 0.477 e. The predicted molar refractivity (Wildman–Crippen MR) is 49.8 cm³/mol. The van der Waals surface area contributed by atoms with Crippen molar-refractivity contribution in [1.29, 1.82) is 0 Å². The number of aromatic nitrogens is 2. The number of anilines is 1. The summed E-state index contributed by atoms with van der Waals surface area (Å²) in [5.74, 6) is 4.44. The van der Waals surface area contributed by atoms with Gasteiger partial charge >= 0.3 is 5.97 Å². The van der Waals surface area contributed by atoms with Crippen LogP contribution in [0.15, 0.2) is 5.03 Å². The number of aromatic carboxylic acids is 1. The molecule has 4 N–H and O–H groups in total. The van der Waals surface area contributed by atoms with Crippen molar-refractivity contribution in [1.82, 2.24) is 9.78 Å². The van der Waals surface area contributed by atoms with Crippen molar-refractivity contribution in [3.05, 3.63) is 5.56 Å². The Morgan fingerprint density at radius 2 is 2.38 bits per heavy atom. The van der Waals surface area contributed by atoms with Gasteiger partial charge in [0.1, 0.15) is 10.6 Å². The van der Waals surface area contributed by atoms with Crippen molar-refractivity contribution in [2.45, 2.75) is 5.03 Å². The summed E-state index contributed by atoms with van der Waals surface area (Å²) in [4.78, 5) is 10.8. The van der Waals surface area contributed by atoms with Crippen LogP contribution in [0.4, 0.5) is 5.82 Å². The van der Waals surface area contributed by atoms with Crippen LogP contribution < -0.4 is 11.3 Å². The van der Waals surface area contributed by atoms with Crippen molar-refractivity contribution < 1.29 is 9.90 Å². The molecular formula is C6H10N4O2S. The summed E-state index contributed by atoms with van der Waals surface area (Å²) in [6.45, 7) is 0. The maximum absolute atomic E-state index is 10.8. The monoisotopic (exact) mass is 202 g/mol. The number of nitrogen functional groups attached to an aromatic ring is 1. The second-order valence-electron chi connectivity index (χ2n) is 2.31. The molecule has 0 aliphatic rings. The topological polar surface area (TPSA) is 93.2 Å². The third-order valence-electron chi connectivity index (χ3n) is 1.56. The molecule has 0 atom stereocenters. The van der Waals surface area contributed by atoms with Crippen LogP contribution in [0.25, 0.3) is 0 Å². The number of carboxylic acids is 1. The van der Waals surface area contributed by atoms with Crippen molar-refractivity contribution in [3.63, 3.8) is 0 Å². The fourth-order valence-corrected chi connectivity index (χ4v) is 1.59. The van der Waals surface area contributed by atoms with E-state index in [-0.39, 0.29) is 5.56 Å². The molecule has 1 heterocycles. The summed E-state index contributed by atoms with van der Waals surface area (Å²) in [7, 11) is 1.63. The Hall–Kier alpha value is -1.21. The molecular weight excluding hydrogens is 192 g/mol. The average Bonchev–Trinajstić information content (AvgIpc) is 2.41. The number of hydrogen-bond acceptors (Lipinski definition) is 5.